The molecule has 2 heterocycles. The molecule has 7 heteroatoms. The third kappa shape index (κ3) is 3.50. The Bertz CT molecular complexity index is 694. The highest BCUT2D eigenvalue weighted by molar-refractivity contribution is 7.80. The van der Waals surface area contributed by atoms with Crippen LogP contribution in [0.5, 0.6) is 0 Å². The quantitative estimate of drug-likeness (QED) is 0.831. The number of amides is 3. The van der Waals surface area contributed by atoms with Crippen LogP contribution in [0.15, 0.2) is 52.0 Å². The summed E-state index contributed by atoms with van der Waals surface area (Å²) in [4.78, 5) is 28.6. The Kier molecular flexibility index (Phi) is 4.57. The first-order chi connectivity index (χ1) is 11.1. The molecule has 6 nitrogen and oxygen atoms in total. The molecule has 0 radical (unpaired) electrons. The molecule has 2 aromatic rings. The maximum atomic E-state index is 12.3. The first kappa shape index (κ1) is 15.5. The van der Waals surface area contributed by atoms with Gasteiger partial charge in [0.25, 0.3) is 5.91 Å². The average Bonchev–Trinajstić information content (AvgIpc) is 3.11. The van der Waals surface area contributed by atoms with E-state index in [1.165, 1.54) is 6.26 Å². The maximum Gasteiger partial charge on any atom is 0.321 e. The first-order valence-corrected chi connectivity index (χ1v) is 7.76. The van der Waals surface area contributed by atoms with Crippen LogP contribution in [0.25, 0.3) is 0 Å². The van der Waals surface area contributed by atoms with Gasteiger partial charge in [0.1, 0.15) is 0 Å². The number of carbonyl (C=O) groups is 2. The van der Waals surface area contributed by atoms with Gasteiger partial charge in [0.15, 0.2) is 5.76 Å². The lowest BCUT2D eigenvalue weighted by molar-refractivity contribution is 0.0640. The minimum atomic E-state index is -0.184. The Morgan fingerprint density at radius 2 is 1.70 bits per heavy atom. The van der Waals surface area contributed by atoms with E-state index in [0.29, 0.717) is 42.5 Å². The number of para-hydroxylation sites is 1. The number of urea groups is 1. The zero-order valence-corrected chi connectivity index (χ0v) is 13.3. The van der Waals surface area contributed by atoms with Crippen LogP contribution >= 0.6 is 12.6 Å². The Balaban J connectivity index is 1.55. The Hall–Kier alpha value is -2.41. The number of furan rings is 1. The molecular weight excluding hydrogens is 314 g/mol. The molecule has 0 aliphatic carbocycles. The topological polar surface area (TPSA) is 65.8 Å². The standard InChI is InChI=1S/C16H17N3O3S/c20-15(13-5-3-11-22-13)18-7-9-19(10-8-18)16(21)17-12-4-1-2-6-14(12)23/h1-6,11,23H,7-10H2,(H,17,21). The first-order valence-electron chi connectivity index (χ1n) is 7.32. The van der Waals surface area contributed by atoms with Crippen LogP contribution in [0.4, 0.5) is 10.5 Å². The molecule has 0 saturated carbocycles. The number of anilines is 1. The van der Waals surface area contributed by atoms with Crippen molar-refractivity contribution in [2.45, 2.75) is 4.90 Å². The Labute approximate surface area is 139 Å². The lowest BCUT2D eigenvalue weighted by atomic mass is 10.3. The summed E-state index contributed by atoms with van der Waals surface area (Å²) >= 11 is 4.32. The van der Waals surface area contributed by atoms with E-state index in [1.807, 2.05) is 18.2 Å². The molecule has 1 aromatic heterocycles. The third-order valence-corrected chi connectivity index (χ3v) is 4.12. The zero-order valence-electron chi connectivity index (χ0n) is 12.4. The molecule has 1 fully saturated rings. The Morgan fingerprint density at radius 3 is 2.35 bits per heavy atom. The highest BCUT2D eigenvalue weighted by atomic mass is 32.1. The molecule has 1 saturated heterocycles. The lowest BCUT2D eigenvalue weighted by Gasteiger charge is -2.34. The van der Waals surface area contributed by atoms with Gasteiger partial charge in [-0.3, -0.25) is 4.79 Å². The van der Waals surface area contributed by atoms with Crippen LogP contribution in [-0.4, -0.2) is 47.9 Å². The van der Waals surface area contributed by atoms with Gasteiger partial charge < -0.3 is 19.5 Å². The largest absolute Gasteiger partial charge is 0.459 e. The number of benzene rings is 1. The maximum absolute atomic E-state index is 12.3. The number of carbonyl (C=O) groups excluding carboxylic acids is 2. The van der Waals surface area contributed by atoms with Crippen LogP contribution in [0, 0.1) is 0 Å². The fourth-order valence-electron chi connectivity index (χ4n) is 2.44. The SMILES string of the molecule is O=C(Nc1ccccc1S)N1CCN(C(=O)c2ccco2)CC1. The highest BCUT2D eigenvalue weighted by Crippen LogP contribution is 2.19. The van der Waals surface area contributed by atoms with E-state index in [-0.39, 0.29) is 11.9 Å². The van der Waals surface area contributed by atoms with Gasteiger partial charge in [-0.15, -0.1) is 12.6 Å². The summed E-state index contributed by atoms with van der Waals surface area (Å²) in [6, 6.07) is 10.5. The summed E-state index contributed by atoms with van der Waals surface area (Å²) < 4.78 is 5.12. The van der Waals surface area contributed by atoms with E-state index < -0.39 is 0 Å². The minimum absolute atomic E-state index is 0.143. The smallest absolute Gasteiger partial charge is 0.321 e. The number of rotatable bonds is 2. The van der Waals surface area contributed by atoms with Crippen molar-refractivity contribution in [3.63, 3.8) is 0 Å². The van der Waals surface area contributed by atoms with E-state index in [1.54, 1.807) is 28.0 Å². The summed E-state index contributed by atoms with van der Waals surface area (Å²) in [6.45, 7) is 1.92. The van der Waals surface area contributed by atoms with E-state index in [4.69, 9.17) is 4.42 Å². The second kappa shape index (κ2) is 6.78. The van der Waals surface area contributed by atoms with Crippen molar-refractivity contribution in [2.24, 2.45) is 0 Å². The molecular formula is C16H17N3O3S. The van der Waals surface area contributed by atoms with Gasteiger partial charge >= 0.3 is 6.03 Å². The lowest BCUT2D eigenvalue weighted by Crippen LogP contribution is -2.51. The number of thiol groups is 1. The molecule has 3 rings (SSSR count). The van der Waals surface area contributed by atoms with Gasteiger partial charge in [-0.05, 0) is 24.3 Å². The average molecular weight is 331 g/mol. The van der Waals surface area contributed by atoms with Crippen molar-refractivity contribution in [3.8, 4) is 0 Å². The van der Waals surface area contributed by atoms with Crippen LogP contribution in [0.3, 0.4) is 0 Å². The fraction of sp³-hybridized carbons (Fsp3) is 0.250. The summed E-state index contributed by atoms with van der Waals surface area (Å²) in [5, 5.41) is 2.84. The van der Waals surface area contributed by atoms with Crippen molar-refractivity contribution in [2.75, 3.05) is 31.5 Å². The third-order valence-electron chi connectivity index (χ3n) is 3.73. The number of piperazine rings is 1. The molecule has 0 atom stereocenters. The van der Waals surface area contributed by atoms with Gasteiger partial charge in [-0.25, -0.2) is 4.79 Å². The molecule has 23 heavy (non-hydrogen) atoms. The van der Waals surface area contributed by atoms with E-state index in [0.717, 1.165) is 0 Å². The molecule has 1 aliphatic heterocycles. The highest BCUT2D eigenvalue weighted by Gasteiger charge is 2.26. The summed E-state index contributed by atoms with van der Waals surface area (Å²) in [5.41, 5.74) is 0.676. The zero-order chi connectivity index (χ0) is 16.2. The molecule has 0 unspecified atom stereocenters. The minimum Gasteiger partial charge on any atom is -0.459 e. The Morgan fingerprint density at radius 1 is 1.00 bits per heavy atom. The molecule has 1 aliphatic rings. The van der Waals surface area contributed by atoms with Crippen molar-refractivity contribution < 1.29 is 14.0 Å². The summed E-state index contributed by atoms with van der Waals surface area (Å²) in [7, 11) is 0. The second-order valence-electron chi connectivity index (χ2n) is 5.20. The fourth-order valence-corrected chi connectivity index (χ4v) is 2.66. The summed E-state index contributed by atoms with van der Waals surface area (Å²) in [5.74, 6) is 0.183. The van der Waals surface area contributed by atoms with Gasteiger partial charge in [0, 0.05) is 31.1 Å². The van der Waals surface area contributed by atoms with Crippen LogP contribution in [0.2, 0.25) is 0 Å². The summed E-state index contributed by atoms with van der Waals surface area (Å²) in [6.07, 6.45) is 1.48. The van der Waals surface area contributed by atoms with Crippen LogP contribution in [0.1, 0.15) is 10.6 Å². The van der Waals surface area contributed by atoms with Crippen molar-refractivity contribution >= 4 is 30.3 Å². The molecule has 1 aromatic carbocycles. The van der Waals surface area contributed by atoms with Gasteiger partial charge in [0.05, 0.1) is 12.0 Å². The van der Waals surface area contributed by atoms with Crippen molar-refractivity contribution in [1.29, 1.82) is 0 Å². The van der Waals surface area contributed by atoms with E-state index >= 15 is 0 Å². The predicted molar refractivity (Wildman–Crippen MR) is 88.9 cm³/mol. The van der Waals surface area contributed by atoms with Crippen LogP contribution in [-0.2, 0) is 0 Å². The van der Waals surface area contributed by atoms with Crippen molar-refractivity contribution in [1.82, 2.24) is 9.80 Å². The molecule has 0 bridgehead atoms. The van der Waals surface area contributed by atoms with Gasteiger partial charge in [-0.1, -0.05) is 12.1 Å². The second-order valence-corrected chi connectivity index (χ2v) is 5.69. The van der Waals surface area contributed by atoms with Crippen LogP contribution < -0.4 is 5.32 Å². The van der Waals surface area contributed by atoms with E-state index in [9.17, 15) is 9.59 Å². The normalized spacial score (nSPS) is 14.7. The predicted octanol–water partition coefficient (Wildman–Crippen LogP) is 2.56. The number of nitrogens with zero attached hydrogens (tertiary/aromatic N) is 2. The molecule has 0 spiro atoms. The van der Waals surface area contributed by atoms with E-state index in [2.05, 4.69) is 17.9 Å². The number of hydrogen-bond acceptors (Lipinski definition) is 4. The number of hydrogen-bond donors (Lipinski definition) is 2. The molecule has 120 valence electrons. The van der Waals surface area contributed by atoms with Gasteiger partial charge in [0.2, 0.25) is 0 Å². The number of nitrogens with one attached hydrogen (secondary N) is 1. The molecule has 1 N–H and O–H groups in total. The van der Waals surface area contributed by atoms with Gasteiger partial charge in [-0.2, -0.15) is 0 Å². The van der Waals surface area contributed by atoms with Crippen molar-refractivity contribution in [3.05, 3.63) is 48.4 Å². The molecule has 3 amide bonds. The monoisotopic (exact) mass is 331 g/mol.